The third-order valence-corrected chi connectivity index (χ3v) is 16.7. The van der Waals surface area contributed by atoms with Crippen molar-refractivity contribution in [2.24, 2.45) is 25.4 Å². The van der Waals surface area contributed by atoms with E-state index in [1.165, 1.54) is 34.3 Å². The lowest BCUT2D eigenvalue weighted by Crippen LogP contribution is -2.46. The molecule has 1 spiro atoms. The normalized spacial score (nSPS) is 18.0. The van der Waals surface area contributed by atoms with Crippen LogP contribution in [0.2, 0.25) is 0 Å². The van der Waals surface area contributed by atoms with Gasteiger partial charge in [-0.25, -0.2) is 9.97 Å². The molecule has 13 rings (SSSR count). The minimum Gasteiger partial charge on any atom is -0.375 e. The Morgan fingerprint density at radius 1 is 0.741 bits per heavy atom. The molecule has 3 aromatic carbocycles. The van der Waals surface area contributed by atoms with Crippen molar-refractivity contribution in [3.8, 4) is 57.3 Å². The number of alkyl halides is 6. The van der Waals surface area contributed by atoms with E-state index in [9.17, 15) is 46.5 Å². The third-order valence-electron chi connectivity index (χ3n) is 16.7. The van der Waals surface area contributed by atoms with Crippen molar-refractivity contribution in [1.29, 1.82) is 10.5 Å². The zero-order valence-electron chi connectivity index (χ0n) is 45.7. The van der Waals surface area contributed by atoms with Crippen LogP contribution in [-0.4, -0.2) is 105 Å². The Kier molecular flexibility index (Phi) is 13.5. The summed E-state index contributed by atoms with van der Waals surface area (Å²) >= 11 is 0. The van der Waals surface area contributed by atoms with Crippen LogP contribution in [0.3, 0.4) is 0 Å². The average molecular weight is 1160 g/mol. The molecule has 3 fully saturated rings. The lowest BCUT2D eigenvalue weighted by atomic mass is 9.96. The predicted octanol–water partition coefficient (Wildman–Crippen LogP) is 9.27. The van der Waals surface area contributed by atoms with Gasteiger partial charge in [0.25, 0.3) is 11.8 Å². The number of pyridine rings is 2. The minimum absolute atomic E-state index is 0.0295. The largest absolute Gasteiger partial charge is 0.416 e. The van der Waals surface area contributed by atoms with E-state index in [1.807, 2.05) is 0 Å². The number of nitriles is 2. The van der Waals surface area contributed by atoms with Crippen LogP contribution in [0, 0.1) is 34.0 Å². The van der Waals surface area contributed by atoms with E-state index in [1.54, 1.807) is 89.0 Å². The molecule has 8 aromatic rings. The fourth-order valence-corrected chi connectivity index (χ4v) is 12.1. The maximum atomic E-state index is 14.9. The van der Waals surface area contributed by atoms with Crippen molar-refractivity contribution < 1.29 is 40.7 Å². The number of hydrogen-bond donors (Lipinski definition) is 2. The van der Waals surface area contributed by atoms with Gasteiger partial charge < -0.3 is 24.5 Å². The Morgan fingerprint density at radius 2 is 1.45 bits per heavy atom. The number of nitrogens with one attached hydrogen (secondary N) is 2. The molecule has 26 heteroatoms. The van der Waals surface area contributed by atoms with Gasteiger partial charge in [-0.2, -0.15) is 42.0 Å². The van der Waals surface area contributed by atoms with Gasteiger partial charge in [-0.3, -0.25) is 29.0 Å². The number of fused-ring (bicyclic) bond motifs is 2. The number of hydrogen-bond acceptors (Lipinski definition) is 15. The monoisotopic (exact) mass is 1160 g/mol. The minimum atomic E-state index is -4.73. The second-order valence-electron chi connectivity index (χ2n) is 22.3. The lowest BCUT2D eigenvalue weighted by Gasteiger charge is -2.37. The highest BCUT2D eigenvalue weighted by molar-refractivity contribution is 6.11. The second kappa shape index (κ2) is 21.0. The van der Waals surface area contributed by atoms with Crippen molar-refractivity contribution in [2.45, 2.75) is 70.3 Å². The number of aromatic nitrogens is 10. The number of likely N-dealkylation sites (tertiary alicyclic amines) is 1. The number of anilines is 4. The summed E-state index contributed by atoms with van der Waals surface area (Å²) < 4.78 is 98.9. The van der Waals surface area contributed by atoms with E-state index in [0.717, 1.165) is 38.4 Å². The first-order valence-electron chi connectivity index (χ1n) is 27.4. The molecular formula is C59H51F6N17O3. The smallest absolute Gasteiger partial charge is 0.375 e. The summed E-state index contributed by atoms with van der Waals surface area (Å²) in [5.41, 5.74) is 1.91. The summed E-state index contributed by atoms with van der Waals surface area (Å²) in [7, 11) is 3.47. The van der Waals surface area contributed by atoms with Crippen molar-refractivity contribution in [3.05, 3.63) is 136 Å². The van der Waals surface area contributed by atoms with Gasteiger partial charge in [-0.15, -0.1) is 20.4 Å². The number of aryl methyl sites for hydroxylation is 2. The molecule has 1 saturated carbocycles. The average Bonchev–Trinajstić information content (AvgIpc) is 2.08. The Balaban J connectivity index is 0.779. The van der Waals surface area contributed by atoms with Crippen LogP contribution in [-0.2, 0) is 57.4 Å². The van der Waals surface area contributed by atoms with Crippen LogP contribution in [0.4, 0.5) is 49.6 Å². The van der Waals surface area contributed by atoms with Crippen molar-refractivity contribution in [3.63, 3.8) is 0 Å². The molecule has 432 valence electrons. The number of rotatable bonds is 16. The maximum absolute atomic E-state index is 14.9. The van der Waals surface area contributed by atoms with Gasteiger partial charge in [0.1, 0.15) is 35.9 Å². The Morgan fingerprint density at radius 3 is 2.13 bits per heavy atom. The summed E-state index contributed by atoms with van der Waals surface area (Å²) in [4.78, 5) is 42.6. The molecule has 2 unspecified atom stereocenters. The molecule has 5 aliphatic rings. The van der Waals surface area contributed by atoms with Crippen molar-refractivity contribution >= 4 is 35.1 Å². The first kappa shape index (κ1) is 54.7. The van der Waals surface area contributed by atoms with E-state index >= 15 is 0 Å². The van der Waals surface area contributed by atoms with Crippen LogP contribution < -0.4 is 20.4 Å². The number of benzene rings is 3. The molecule has 0 bridgehead atoms. The predicted molar refractivity (Wildman–Crippen MR) is 296 cm³/mol. The first-order chi connectivity index (χ1) is 40.8. The lowest BCUT2D eigenvalue weighted by molar-refractivity contribution is -0.139. The molecule has 2 amide bonds. The van der Waals surface area contributed by atoms with Gasteiger partial charge >= 0.3 is 12.4 Å². The van der Waals surface area contributed by atoms with E-state index < -0.39 is 47.9 Å². The van der Waals surface area contributed by atoms with E-state index in [4.69, 9.17) is 14.7 Å². The van der Waals surface area contributed by atoms with E-state index in [2.05, 4.69) is 53.2 Å². The highest BCUT2D eigenvalue weighted by atomic mass is 19.4. The molecule has 2 saturated heterocycles. The van der Waals surface area contributed by atoms with E-state index in [-0.39, 0.29) is 89.5 Å². The van der Waals surface area contributed by atoms with Crippen LogP contribution >= 0.6 is 0 Å². The molecule has 20 nitrogen and oxygen atoms in total. The number of carbonyl (C=O) groups is 2. The summed E-state index contributed by atoms with van der Waals surface area (Å²) in [6.45, 7) is 2.17. The third kappa shape index (κ3) is 10.2. The van der Waals surface area contributed by atoms with Gasteiger partial charge in [0.2, 0.25) is 0 Å². The standard InChI is InChI=1S/C59H51F6N17O3/c1-77-31-70-75-53(77)38-8-7-33(22-67)15-40(38)35-18-49(74-50(20-35)81-26-43-39(55(81)83)5-3-6-45(43)58(60,61)62)69-23-37-29-85-47(37)28-80-32-71-76-54(80)42-24-72-78(2)52(42)36-19-48(68-13-4-12-66)73-51(21-36)82-27-44-41(56(82)84)16-34(17-46(44)59(63,64)65)25-79-14-11-57(30-79)9-10-57/h3,5-8,15-21,24,31-32,37,47H,4,9-11,13-14,23,25-30H2,1-2H3,(H,68,73)(H,69,74). The Labute approximate surface area is 481 Å². The number of nitrogens with zero attached hydrogens (tertiary/aromatic N) is 15. The number of amides is 2. The summed E-state index contributed by atoms with van der Waals surface area (Å²) in [6.07, 6.45) is -1.84. The molecule has 2 atom stereocenters. The van der Waals surface area contributed by atoms with Crippen molar-refractivity contribution in [1.82, 2.24) is 54.2 Å². The zero-order chi connectivity index (χ0) is 59.1. The van der Waals surface area contributed by atoms with Crippen LogP contribution in [0.5, 0.6) is 0 Å². The number of halogens is 6. The van der Waals surface area contributed by atoms with Crippen LogP contribution in [0.25, 0.3) is 45.2 Å². The summed E-state index contributed by atoms with van der Waals surface area (Å²) in [5, 5.41) is 47.6. The Hall–Kier alpha value is -9.53. The highest BCUT2D eigenvalue weighted by Crippen LogP contribution is 2.53. The summed E-state index contributed by atoms with van der Waals surface area (Å²) in [6, 6.07) is 22.2. The SMILES string of the molecule is Cn1cnnc1-c1ccc(C#N)cc1-c1cc(NCC2COC2Cn2cnnc2-c2cnn(C)c2-c2cc(NCCC#N)nc(N3Cc4c(cc(CN5CCC6(CC6)C5)cc4C(F)(F)F)C3=O)c2)nc(N2Cc3c(cccc3C(F)(F)F)C2=O)c1. The molecule has 4 aliphatic heterocycles. The number of carbonyl (C=O) groups excluding carboxylic acids is 2. The van der Waals surface area contributed by atoms with Gasteiger partial charge in [-0.1, -0.05) is 6.07 Å². The van der Waals surface area contributed by atoms with Crippen LogP contribution in [0.15, 0.2) is 91.6 Å². The molecule has 9 heterocycles. The second-order valence-corrected chi connectivity index (χ2v) is 22.3. The fraction of sp³-hybridized carbons (Fsp3) is 0.339. The molecule has 1 aliphatic carbocycles. The maximum Gasteiger partial charge on any atom is 0.416 e. The topological polar surface area (TPSA) is 230 Å². The number of ether oxygens (including phenoxy) is 1. The Bertz CT molecular complexity index is 4090. The van der Waals surface area contributed by atoms with E-state index in [0.29, 0.717) is 69.4 Å². The molecule has 85 heavy (non-hydrogen) atoms. The molecule has 2 N–H and O–H groups in total. The van der Waals surface area contributed by atoms with Crippen molar-refractivity contribution in [2.75, 3.05) is 53.2 Å². The van der Waals surface area contributed by atoms with Gasteiger partial charge in [0.05, 0.1) is 85.0 Å². The molecular weight excluding hydrogens is 1110 g/mol. The van der Waals surface area contributed by atoms with Gasteiger partial charge in [0, 0.05) is 68.4 Å². The fourth-order valence-electron chi connectivity index (χ4n) is 12.1. The van der Waals surface area contributed by atoms with Gasteiger partial charge in [0.15, 0.2) is 11.6 Å². The highest BCUT2D eigenvalue weighted by Gasteiger charge is 2.48. The summed E-state index contributed by atoms with van der Waals surface area (Å²) in [5.74, 6) is 0.106. The van der Waals surface area contributed by atoms with Crippen LogP contribution in [0.1, 0.15) is 79.8 Å². The zero-order valence-corrected chi connectivity index (χ0v) is 45.7. The quantitative estimate of drug-likeness (QED) is 0.0678. The molecule has 0 radical (unpaired) electrons. The molecule has 5 aromatic heterocycles. The van der Waals surface area contributed by atoms with Gasteiger partial charge in [-0.05, 0) is 126 Å². The first-order valence-corrected chi connectivity index (χ1v) is 27.4.